The number of aliphatic hydroxyl groups is 2. The van der Waals surface area contributed by atoms with Crippen LogP contribution < -0.4 is 16.0 Å². The SMILES string of the molecule is CCC1(CC)OC(OC(C)=O)C(OC(C)=O)[C@H]1C.CCC1(CC)O[C@@H](n2cnc3c(NC(=O)c4ccccc4)ncnc32)C(O)[C@H]1C.CCC1(CC)O[C@@H](n2cnc3c(NC(=O)c4ccccc4)ncnc32)C(OC(C)=O)[C@H]1C.CCC1(CC)O[C@@H](n2cnc3c(NC(=O)c4ccccc4)ncnc32)C(OS(=O)(=O)C(F)(F)F)[C@H]1C.CCC1(CC)O[C@H]2OC(C)(C)OC2[C@H]1C.CC[C@@]1(CO)O[C@H]2OC(C)(C)OC2[C@H]1C. The number of hydrogen-bond acceptors (Lipinski definition) is 33. The Bertz CT molecular complexity index is 5990. The van der Waals surface area contributed by atoms with Crippen LogP contribution in [0.2, 0.25) is 0 Å². The lowest BCUT2D eigenvalue weighted by atomic mass is 9.83. The Balaban J connectivity index is 0.000000160. The number of hydrogen-bond donors (Lipinski definition) is 5. The number of nitrogens with one attached hydrogen (secondary N) is 3. The summed E-state index contributed by atoms with van der Waals surface area (Å²) >= 11 is 0. The summed E-state index contributed by atoms with van der Waals surface area (Å²) in [5.74, 6) is -2.84. The number of alkyl halides is 3. The van der Waals surface area contributed by atoms with E-state index < -0.39 is 128 Å². The van der Waals surface area contributed by atoms with Crippen LogP contribution in [0.4, 0.5) is 30.6 Å². The molecule has 8 fully saturated rings. The minimum atomic E-state index is -5.92. The van der Waals surface area contributed by atoms with Gasteiger partial charge in [0.25, 0.3) is 17.7 Å². The Morgan fingerprint density at radius 3 is 1.01 bits per heavy atom. The van der Waals surface area contributed by atoms with Crippen LogP contribution in [0.3, 0.4) is 0 Å². The van der Waals surface area contributed by atoms with Crippen molar-refractivity contribution in [3.8, 4) is 0 Å². The van der Waals surface area contributed by atoms with E-state index in [1.807, 2.05) is 81.4 Å². The summed E-state index contributed by atoms with van der Waals surface area (Å²) in [6.45, 7) is 45.8. The van der Waals surface area contributed by atoms with Crippen molar-refractivity contribution in [2.24, 2.45) is 35.5 Å². The number of ether oxygens (including phenoxy) is 13. The quantitative estimate of drug-likeness (QED) is 0.0145. The molecule has 8 aliphatic rings. The van der Waals surface area contributed by atoms with E-state index >= 15 is 0 Å². The van der Waals surface area contributed by atoms with E-state index in [0.717, 1.165) is 64.1 Å². The number of aliphatic hydroxyl groups excluding tert-OH is 2. The lowest BCUT2D eigenvalue weighted by molar-refractivity contribution is -0.238. The second-order valence-corrected chi connectivity index (χ2v) is 40.2. The average molecular weight is 2050 g/mol. The van der Waals surface area contributed by atoms with E-state index in [9.17, 15) is 60.6 Å². The number of halogens is 3. The summed E-state index contributed by atoms with van der Waals surface area (Å²) in [5, 5.41) is 28.5. The highest BCUT2D eigenvalue weighted by Gasteiger charge is 2.63. The van der Waals surface area contributed by atoms with Gasteiger partial charge in [0.2, 0.25) is 6.29 Å². The molecule has 5 N–H and O–H groups in total. The molecular formula is C102H140F3N15O24S. The number of aromatic nitrogens is 12. The third-order valence-corrected chi connectivity index (χ3v) is 31.4. The smallest absolute Gasteiger partial charge is 0.457 e. The molecule has 19 atom stereocenters. The zero-order valence-corrected chi connectivity index (χ0v) is 87.6. The highest BCUT2D eigenvalue weighted by Crippen LogP contribution is 2.54. The van der Waals surface area contributed by atoms with Crippen molar-refractivity contribution in [1.82, 2.24) is 58.6 Å². The molecule has 794 valence electrons. The number of rotatable bonds is 26. The van der Waals surface area contributed by atoms with Crippen LogP contribution in [0, 0.1) is 35.5 Å². The number of imidazole rings is 3. The van der Waals surface area contributed by atoms with Crippen LogP contribution in [0.5, 0.6) is 0 Å². The predicted octanol–water partition coefficient (Wildman–Crippen LogP) is 16.9. The highest BCUT2D eigenvalue weighted by atomic mass is 32.2. The Morgan fingerprint density at radius 2 is 0.676 bits per heavy atom. The van der Waals surface area contributed by atoms with Gasteiger partial charge >= 0.3 is 33.5 Å². The predicted molar refractivity (Wildman–Crippen MR) is 525 cm³/mol. The van der Waals surface area contributed by atoms with E-state index in [2.05, 4.69) is 116 Å². The molecule has 17 rings (SSSR count). The number of benzene rings is 3. The van der Waals surface area contributed by atoms with E-state index in [4.69, 9.17) is 65.8 Å². The Hall–Kier alpha value is -10.6. The van der Waals surface area contributed by atoms with Gasteiger partial charge in [-0.15, -0.1) is 0 Å². The number of esters is 3. The van der Waals surface area contributed by atoms with E-state index in [1.165, 1.54) is 44.3 Å². The first-order valence-electron chi connectivity index (χ1n) is 49.8. The van der Waals surface area contributed by atoms with Crippen molar-refractivity contribution in [2.75, 3.05) is 22.6 Å². The lowest BCUT2D eigenvalue weighted by Gasteiger charge is -2.33. The fraction of sp³-hybridized carbons (Fsp3) is 0.618. The van der Waals surface area contributed by atoms with Crippen molar-refractivity contribution in [2.45, 2.75) is 362 Å². The zero-order valence-electron chi connectivity index (χ0n) is 86.8. The van der Waals surface area contributed by atoms with Gasteiger partial charge in [-0.05, 0) is 135 Å². The number of carbonyl (C=O) groups excluding carboxylic acids is 6. The molecule has 9 aromatic rings. The summed E-state index contributed by atoms with van der Waals surface area (Å²) in [7, 11) is -5.92. The molecule has 0 bridgehead atoms. The maximum absolute atomic E-state index is 13.2. The standard InChI is InChI=1S/C23H27N5O4.C22H24F3N5O5S.C21H25N5O3.C13H22O5.C12H22O3.C11H20O4/c1-5-23(6-2)14(3)18(31-15(4)29)22(32-23)28-13-26-17-19(24-12-25-20(17)28)27-21(30)16-10-8-7-9-11-16;1-4-21(5-2)13(3)16(35-36(32,33)22(23,24)25)20(34-21)30-12-28-15-17(26-11-27-18(15)30)29-19(31)14-9-7-6-8-10-14;1-4-21(5-2)13(3)16(27)20(29-21)26-12-24-15-17(22-11-23-18(15)26)25-19(28)14-9-7-6-8-10-14;1-6-13(7-2)8(3)11(16-9(4)14)12(18-13)17-10(5)15;1-6-12(7-2)8(3)9-10(15-12)14-11(4,5)13-9;1-5-11(6-12)7(2)8-9(15-11)14-10(3,4)13-8/h7-14,18,22H,5-6H2,1-4H3,(H,24,25,27,30);6-13,16,20H,4-5H2,1-3H3,(H,26,27,29,31);6-13,16,20,27H,4-5H2,1-3H3,(H,22,23,25,28);8,11-12H,6-7H2,1-5H3;8-10H,6-7H2,1-5H3;7-9,12H,5-6H2,1-4H3/t14-,18?,22-;2*13-,16?,20-;8-,11?,12?;8-,9?,10-;7-,8?,9-,11+/m111111/s1. The summed E-state index contributed by atoms with van der Waals surface area (Å²) in [6, 6.07) is 26.1. The van der Waals surface area contributed by atoms with Crippen LogP contribution in [0.15, 0.2) is 129 Å². The molecule has 0 saturated carbocycles. The minimum Gasteiger partial charge on any atom is -0.457 e. The molecule has 8 aliphatic heterocycles. The molecule has 0 radical (unpaired) electrons. The second-order valence-electron chi connectivity index (χ2n) is 38.7. The second kappa shape index (κ2) is 46.0. The van der Waals surface area contributed by atoms with Gasteiger partial charge in [-0.2, -0.15) is 21.6 Å². The van der Waals surface area contributed by atoms with Gasteiger partial charge in [0.05, 0.1) is 59.2 Å². The summed E-state index contributed by atoms with van der Waals surface area (Å²) in [4.78, 5) is 110. The molecule has 0 aliphatic carbocycles. The van der Waals surface area contributed by atoms with Gasteiger partial charge in [0.1, 0.15) is 43.4 Å². The highest BCUT2D eigenvalue weighted by molar-refractivity contribution is 7.87. The molecule has 7 unspecified atom stereocenters. The minimum absolute atomic E-state index is 0.0132. The van der Waals surface area contributed by atoms with Crippen molar-refractivity contribution in [1.29, 1.82) is 0 Å². The van der Waals surface area contributed by atoms with Gasteiger partial charge in [0, 0.05) is 73.0 Å². The van der Waals surface area contributed by atoms with Gasteiger partial charge in [-0.25, -0.2) is 44.9 Å². The first kappa shape index (κ1) is 113. The number of anilines is 3. The molecule has 14 heterocycles. The fourth-order valence-electron chi connectivity index (χ4n) is 21.1. The van der Waals surface area contributed by atoms with Gasteiger partial charge in [-0.3, -0.25) is 46.7 Å². The largest absolute Gasteiger partial charge is 0.523 e. The molecule has 3 aromatic carbocycles. The van der Waals surface area contributed by atoms with E-state index in [-0.39, 0.29) is 95.4 Å². The summed E-state index contributed by atoms with van der Waals surface area (Å²) < 4.78 is 149. The number of fused-ring (bicyclic) bond motifs is 5. The molecule has 145 heavy (non-hydrogen) atoms. The van der Waals surface area contributed by atoms with Crippen molar-refractivity contribution in [3.05, 3.63) is 146 Å². The van der Waals surface area contributed by atoms with E-state index in [1.54, 1.807) is 121 Å². The Morgan fingerprint density at radius 1 is 0.379 bits per heavy atom. The van der Waals surface area contributed by atoms with Gasteiger partial charge in [0.15, 0.2) is 106 Å². The lowest BCUT2D eigenvalue weighted by Crippen LogP contribution is -2.42. The normalized spacial score (nSPS) is 28.1. The first-order chi connectivity index (χ1) is 68.6. The topological polar surface area (TPSA) is 473 Å². The van der Waals surface area contributed by atoms with Crippen molar-refractivity contribution in [3.63, 3.8) is 0 Å². The summed E-state index contributed by atoms with van der Waals surface area (Å²) in [6.07, 6.45) is 9.62. The molecule has 0 spiro atoms. The van der Waals surface area contributed by atoms with Crippen LogP contribution in [-0.2, 0) is 90.3 Å². The first-order valence-corrected chi connectivity index (χ1v) is 51.2. The van der Waals surface area contributed by atoms with Crippen molar-refractivity contribution < 1.29 is 126 Å². The molecular weight excluding hydrogens is 1910 g/mol. The monoisotopic (exact) mass is 2050 g/mol. The zero-order chi connectivity index (χ0) is 106. The molecule has 6 aromatic heterocycles. The maximum atomic E-state index is 13.2. The van der Waals surface area contributed by atoms with E-state index in [0.29, 0.717) is 69.4 Å². The molecule has 3 amide bonds. The van der Waals surface area contributed by atoms with Gasteiger partial charge in [-0.1, -0.05) is 172 Å². The number of amides is 3. The summed E-state index contributed by atoms with van der Waals surface area (Å²) in [5.41, 5.74) is -4.79. The third-order valence-electron chi connectivity index (χ3n) is 30.3. The van der Waals surface area contributed by atoms with Crippen LogP contribution in [-0.4, -0.2) is 226 Å². The van der Waals surface area contributed by atoms with Crippen LogP contribution >= 0.6 is 0 Å². The molecule has 39 nitrogen and oxygen atoms in total. The average Bonchev–Trinajstić information content (AvgIpc) is 1.50. The number of nitrogens with zero attached hydrogens (tertiary/aromatic N) is 12. The number of carbonyl (C=O) groups is 6. The van der Waals surface area contributed by atoms with Crippen LogP contribution in [0.25, 0.3) is 33.5 Å². The maximum Gasteiger partial charge on any atom is 0.523 e. The Kier molecular flexibility index (Phi) is 35.9. The fourth-order valence-corrected chi connectivity index (χ4v) is 21.8. The third kappa shape index (κ3) is 23.3. The van der Waals surface area contributed by atoms with Crippen LogP contribution in [0.1, 0.15) is 287 Å². The van der Waals surface area contributed by atoms with Crippen molar-refractivity contribution >= 4 is 96.7 Å². The Labute approximate surface area is 842 Å². The van der Waals surface area contributed by atoms with Gasteiger partial charge < -0.3 is 87.7 Å². The molecule has 8 saturated heterocycles. The molecule has 43 heteroatoms.